The van der Waals surface area contributed by atoms with Crippen molar-refractivity contribution in [2.45, 2.75) is 26.4 Å². The molecule has 36 heavy (non-hydrogen) atoms. The highest BCUT2D eigenvalue weighted by Crippen LogP contribution is 2.25. The minimum Gasteiger partial charge on any atom is -0.354 e. The fraction of sp³-hybridized carbons (Fsp3) is 0.269. The van der Waals surface area contributed by atoms with Gasteiger partial charge < -0.3 is 10.2 Å². The number of amides is 2. The van der Waals surface area contributed by atoms with Gasteiger partial charge >= 0.3 is 0 Å². The van der Waals surface area contributed by atoms with Gasteiger partial charge in [-0.25, -0.2) is 9.67 Å². The number of nitrogens with one attached hydrogen (secondary N) is 1. The number of anilines is 1. The molecule has 1 N–H and O–H groups in total. The molecular weight excluding hydrogens is 480 g/mol. The Bertz CT molecular complexity index is 1480. The second kappa shape index (κ2) is 9.94. The SMILES string of the molecule is Cc1ccc(N2CC(C(=O)NCCn3ncc4c(=O)n(Cc5ccc(Cl)cc5)cnc43)CC2=O)cc1. The summed E-state index contributed by atoms with van der Waals surface area (Å²) in [6.45, 7) is 3.37. The zero-order valence-corrected chi connectivity index (χ0v) is 20.5. The fourth-order valence-electron chi connectivity index (χ4n) is 4.35. The lowest BCUT2D eigenvalue weighted by atomic mass is 10.1. The van der Waals surface area contributed by atoms with Gasteiger partial charge in [0.1, 0.15) is 11.7 Å². The van der Waals surface area contributed by atoms with Crippen molar-refractivity contribution < 1.29 is 9.59 Å². The molecule has 9 nitrogen and oxygen atoms in total. The van der Waals surface area contributed by atoms with Gasteiger partial charge in [-0.2, -0.15) is 5.10 Å². The van der Waals surface area contributed by atoms with E-state index in [1.165, 1.54) is 17.1 Å². The Labute approximate surface area is 212 Å². The number of aryl methyl sites for hydroxylation is 1. The van der Waals surface area contributed by atoms with Crippen molar-refractivity contribution in [2.24, 2.45) is 5.92 Å². The topological polar surface area (TPSA) is 102 Å². The van der Waals surface area contributed by atoms with Gasteiger partial charge in [-0.1, -0.05) is 41.4 Å². The molecule has 1 aliphatic rings. The van der Waals surface area contributed by atoms with Gasteiger partial charge in [-0.05, 0) is 36.8 Å². The minimum atomic E-state index is -0.411. The molecule has 0 bridgehead atoms. The van der Waals surface area contributed by atoms with Gasteiger partial charge in [0.25, 0.3) is 5.56 Å². The highest BCUT2D eigenvalue weighted by Gasteiger charge is 2.34. The molecule has 1 atom stereocenters. The fourth-order valence-corrected chi connectivity index (χ4v) is 4.47. The van der Waals surface area contributed by atoms with Crippen LogP contribution in [0.3, 0.4) is 0 Å². The summed E-state index contributed by atoms with van der Waals surface area (Å²) in [7, 11) is 0. The first-order valence-electron chi connectivity index (χ1n) is 11.7. The zero-order valence-electron chi connectivity index (χ0n) is 19.7. The van der Waals surface area contributed by atoms with Crippen LogP contribution in [0.1, 0.15) is 17.5 Å². The molecule has 1 fully saturated rings. The summed E-state index contributed by atoms with van der Waals surface area (Å²) >= 11 is 5.93. The van der Waals surface area contributed by atoms with E-state index in [1.807, 2.05) is 43.3 Å². The zero-order chi connectivity index (χ0) is 25.2. The molecule has 3 heterocycles. The van der Waals surface area contributed by atoms with E-state index < -0.39 is 5.92 Å². The Morgan fingerprint density at radius 1 is 1.11 bits per heavy atom. The van der Waals surface area contributed by atoms with Crippen molar-refractivity contribution in [1.29, 1.82) is 0 Å². The summed E-state index contributed by atoms with van der Waals surface area (Å²) in [5.74, 6) is -0.643. The lowest BCUT2D eigenvalue weighted by Crippen LogP contribution is -2.35. The molecule has 1 unspecified atom stereocenters. The molecule has 1 aliphatic heterocycles. The summed E-state index contributed by atoms with van der Waals surface area (Å²) in [4.78, 5) is 44.2. The summed E-state index contributed by atoms with van der Waals surface area (Å²) < 4.78 is 3.12. The van der Waals surface area contributed by atoms with Crippen molar-refractivity contribution in [3.8, 4) is 0 Å². The molecule has 2 amide bonds. The number of hydrogen-bond acceptors (Lipinski definition) is 5. The first-order chi connectivity index (χ1) is 17.4. The van der Waals surface area contributed by atoms with Crippen molar-refractivity contribution in [2.75, 3.05) is 18.0 Å². The number of nitrogens with zero attached hydrogens (tertiary/aromatic N) is 5. The second-order valence-corrected chi connectivity index (χ2v) is 9.38. The van der Waals surface area contributed by atoms with Crippen LogP contribution >= 0.6 is 11.6 Å². The maximum absolute atomic E-state index is 12.9. The number of halogens is 1. The van der Waals surface area contributed by atoms with Crippen molar-refractivity contribution >= 4 is 40.1 Å². The number of carbonyl (C=O) groups excluding carboxylic acids is 2. The van der Waals surface area contributed by atoms with Gasteiger partial charge in [0.15, 0.2) is 5.65 Å². The second-order valence-electron chi connectivity index (χ2n) is 8.94. The predicted molar refractivity (Wildman–Crippen MR) is 137 cm³/mol. The van der Waals surface area contributed by atoms with Gasteiger partial charge in [0.05, 0.1) is 25.2 Å². The van der Waals surface area contributed by atoms with Crippen LogP contribution in [0.5, 0.6) is 0 Å². The molecule has 0 spiro atoms. The Morgan fingerprint density at radius 2 is 1.86 bits per heavy atom. The average molecular weight is 505 g/mol. The lowest BCUT2D eigenvalue weighted by Gasteiger charge is -2.17. The summed E-state index contributed by atoms with van der Waals surface area (Å²) in [6.07, 6.45) is 3.18. The number of hydrogen-bond donors (Lipinski definition) is 1. The summed E-state index contributed by atoms with van der Waals surface area (Å²) in [5, 5.41) is 8.23. The standard InChI is InChI=1S/C26H25ClN6O3/c1-17-2-8-21(9-3-17)32-15-19(12-23(32)34)25(35)28-10-11-33-24-22(13-30-33)26(36)31(16-29-24)14-18-4-6-20(27)7-5-18/h2-9,13,16,19H,10-12,14-15H2,1H3,(H,28,35). The van der Waals surface area contributed by atoms with Crippen molar-refractivity contribution in [3.05, 3.63) is 87.6 Å². The van der Waals surface area contributed by atoms with Crippen LogP contribution in [0.2, 0.25) is 5.02 Å². The van der Waals surface area contributed by atoms with E-state index in [2.05, 4.69) is 15.4 Å². The molecule has 10 heteroatoms. The monoisotopic (exact) mass is 504 g/mol. The quantitative estimate of drug-likeness (QED) is 0.417. The van der Waals surface area contributed by atoms with Crippen LogP contribution in [0.4, 0.5) is 5.69 Å². The first-order valence-corrected chi connectivity index (χ1v) is 12.1. The van der Waals surface area contributed by atoms with Gasteiger partial charge in [0, 0.05) is 30.2 Å². The first kappa shape index (κ1) is 23.7. The molecule has 0 radical (unpaired) electrons. The van der Waals surface area contributed by atoms with Crippen LogP contribution in [-0.2, 0) is 22.7 Å². The number of carbonyl (C=O) groups is 2. The van der Waals surface area contributed by atoms with Crippen LogP contribution in [-0.4, -0.2) is 44.2 Å². The Balaban J connectivity index is 1.19. The number of aromatic nitrogens is 4. The highest BCUT2D eigenvalue weighted by molar-refractivity contribution is 6.30. The Morgan fingerprint density at radius 3 is 2.61 bits per heavy atom. The predicted octanol–water partition coefficient (Wildman–Crippen LogP) is 2.77. The molecule has 1 saturated heterocycles. The lowest BCUT2D eigenvalue weighted by molar-refractivity contribution is -0.126. The summed E-state index contributed by atoms with van der Waals surface area (Å²) in [5.41, 5.74) is 3.12. The van der Waals surface area contributed by atoms with E-state index in [9.17, 15) is 14.4 Å². The Kier molecular flexibility index (Phi) is 6.56. The van der Waals surface area contributed by atoms with E-state index in [-0.39, 0.29) is 23.8 Å². The van der Waals surface area contributed by atoms with E-state index >= 15 is 0 Å². The molecule has 2 aromatic carbocycles. The van der Waals surface area contributed by atoms with Crippen LogP contribution in [0.25, 0.3) is 11.0 Å². The average Bonchev–Trinajstić information content (AvgIpc) is 3.47. The third kappa shape index (κ3) is 4.87. The normalized spacial score (nSPS) is 15.6. The smallest absolute Gasteiger partial charge is 0.264 e. The minimum absolute atomic E-state index is 0.0591. The largest absolute Gasteiger partial charge is 0.354 e. The summed E-state index contributed by atoms with van der Waals surface area (Å²) in [6, 6.07) is 15.0. The molecule has 5 rings (SSSR count). The van der Waals surface area contributed by atoms with Crippen molar-refractivity contribution in [3.63, 3.8) is 0 Å². The van der Waals surface area contributed by atoms with Crippen molar-refractivity contribution in [1.82, 2.24) is 24.6 Å². The molecule has 2 aromatic heterocycles. The third-order valence-corrected chi connectivity index (χ3v) is 6.60. The van der Waals surface area contributed by atoms with Crippen LogP contribution in [0, 0.1) is 12.8 Å². The van der Waals surface area contributed by atoms with Gasteiger partial charge in [-0.15, -0.1) is 0 Å². The van der Waals surface area contributed by atoms with E-state index in [0.29, 0.717) is 42.2 Å². The molecule has 184 valence electrons. The third-order valence-electron chi connectivity index (χ3n) is 6.35. The number of rotatable bonds is 7. The number of benzene rings is 2. The molecule has 0 saturated carbocycles. The molecular formula is C26H25ClN6O3. The molecule has 0 aliphatic carbocycles. The van der Waals surface area contributed by atoms with E-state index in [0.717, 1.165) is 16.8 Å². The van der Waals surface area contributed by atoms with Crippen LogP contribution < -0.4 is 15.8 Å². The maximum atomic E-state index is 12.9. The molecule has 4 aromatic rings. The maximum Gasteiger partial charge on any atom is 0.264 e. The van der Waals surface area contributed by atoms with E-state index in [4.69, 9.17) is 11.6 Å². The van der Waals surface area contributed by atoms with Crippen LogP contribution in [0.15, 0.2) is 65.8 Å². The van der Waals surface area contributed by atoms with Gasteiger partial charge in [-0.3, -0.25) is 19.0 Å². The Hall–Kier alpha value is -3.98. The van der Waals surface area contributed by atoms with E-state index in [1.54, 1.807) is 21.7 Å². The number of fused-ring (bicyclic) bond motifs is 1. The van der Waals surface area contributed by atoms with Gasteiger partial charge in [0.2, 0.25) is 11.8 Å². The highest BCUT2D eigenvalue weighted by atomic mass is 35.5.